The van der Waals surface area contributed by atoms with Gasteiger partial charge in [0.25, 0.3) is 0 Å². The van der Waals surface area contributed by atoms with Gasteiger partial charge in [-0.1, -0.05) is 31.7 Å². The lowest BCUT2D eigenvalue weighted by Crippen LogP contribution is -2.38. The lowest BCUT2D eigenvalue weighted by molar-refractivity contribution is -0.150. The van der Waals surface area contributed by atoms with Crippen molar-refractivity contribution >= 4 is 29.2 Å². The van der Waals surface area contributed by atoms with Gasteiger partial charge in [0.05, 0.1) is 18.2 Å². The Balaban J connectivity index is 1.21. The van der Waals surface area contributed by atoms with Crippen LogP contribution in [0, 0.1) is 17.8 Å². The van der Waals surface area contributed by atoms with E-state index >= 15 is 0 Å². The molecule has 0 aliphatic carbocycles. The van der Waals surface area contributed by atoms with E-state index in [4.69, 9.17) is 4.74 Å². The van der Waals surface area contributed by atoms with Gasteiger partial charge in [0.1, 0.15) is 5.03 Å². The number of ether oxygens (including phenoxy) is 1. The first-order chi connectivity index (χ1) is 15.5. The number of anilines is 2. The summed E-state index contributed by atoms with van der Waals surface area (Å²) in [6.45, 7) is 9.96. The number of nitrogens with one attached hydrogen (secondary N) is 1. The smallest absolute Gasteiger partial charge is 0.308 e. The van der Waals surface area contributed by atoms with Crippen LogP contribution in [0.15, 0.2) is 40.5 Å². The van der Waals surface area contributed by atoms with Crippen molar-refractivity contribution in [2.75, 3.05) is 31.6 Å². The fraction of sp³-hybridized carbons (Fsp3) is 0.560. The fourth-order valence-electron chi connectivity index (χ4n) is 4.74. The van der Waals surface area contributed by atoms with Gasteiger partial charge in [0.2, 0.25) is 0 Å². The average molecular weight is 455 g/mol. The van der Waals surface area contributed by atoms with E-state index in [9.17, 15) is 4.79 Å². The molecule has 4 rings (SSSR count). The third kappa shape index (κ3) is 5.44. The lowest BCUT2D eigenvalue weighted by Gasteiger charge is -2.36. The van der Waals surface area contributed by atoms with Gasteiger partial charge in [0, 0.05) is 17.3 Å². The minimum absolute atomic E-state index is 0.0137. The number of rotatable bonds is 8. The third-order valence-electron chi connectivity index (χ3n) is 6.93. The largest absolute Gasteiger partial charge is 0.466 e. The molecule has 7 heteroatoms. The molecule has 32 heavy (non-hydrogen) atoms. The second-order valence-electron chi connectivity index (χ2n) is 8.95. The van der Waals surface area contributed by atoms with Crippen LogP contribution in [0.1, 0.15) is 45.6 Å². The lowest BCUT2D eigenvalue weighted by atomic mass is 9.78. The molecule has 2 atom stereocenters. The zero-order chi connectivity index (χ0) is 22.5. The number of likely N-dealkylation sites (tertiary alicyclic amines) is 1. The van der Waals surface area contributed by atoms with E-state index < -0.39 is 0 Å². The van der Waals surface area contributed by atoms with E-state index in [1.165, 1.54) is 23.3 Å². The van der Waals surface area contributed by atoms with Gasteiger partial charge in [0.15, 0.2) is 5.82 Å². The number of carbonyl (C=O) groups excluding carboxylic acids is 1. The average Bonchev–Trinajstić information content (AvgIpc) is 2.82. The molecule has 2 aliphatic heterocycles. The molecule has 172 valence electrons. The molecule has 2 aromatic rings. The number of benzene rings is 1. The number of hydrogen-bond donors (Lipinski definition) is 1. The summed E-state index contributed by atoms with van der Waals surface area (Å²) in [5.41, 5.74) is 2.49. The molecule has 0 spiro atoms. The molecule has 3 heterocycles. The first kappa shape index (κ1) is 23.1. The van der Waals surface area contributed by atoms with Gasteiger partial charge >= 0.3 is 5.97 Å². The van der Waals surface area contributed by atoms with Crippen molar-refractivity contribution in [2.45, 2.75) is 56.4 Å². The predicted octanol–water partition coefficient (Wildman–Crippen LogP) is 5.16. The molecule has 1 aromatic heterocycles. The van der Waals surface area contributed by atoms with Crippen LogP contribution in [0.2, 0.25) is 0 Å². The highest BCUT2D eigenvalue weighted by Gasteiger charge is 2.31. The minimum Gasteiger partial charge on any atom is -0.466 e. The van der Waals surface area contributed by atoms with E-state index in [-0.39, 0.29) is 11.9 Å². The second-order valence-corrected chi connectivity index (χ2v) is 9.98. The zero-order valence-electron chi connectivity index (χ0n) is 19.3. The Kier molecular flexibility index (Phi) is 7.68. The van der Waals surface area contributed by atoms with Crippen molar-refractivity contribution in [3.8, 4) is 0 Å². The van der Waals surface area contributed by atoms with Gasteiger partial charge in [-0.05, 0) is 81.8 Å². The molecular formula is C25H34N4O2S. The van der Waals surface area contributed by atoms with E-state index in [1.54, 1.807) is 24.2 Å². The Hall–Kier alpha value is -2.12. The number of nitrogens with zero attached hydrogens (tertiary/aromatic N) is 3. The number of carbonyl (C=O) groups is 1. The summed E-state index contributed by atoms with van der Waals surface area (Å²) in [6.07, 6.45) is 8.03. The van der Waals surface area contributed by atoms with Crippen molar-refractivity contribution in [2.24, 2.45) is 17.8 Å². The predicted molar refractivity (Wildman–Crippen MR) is 128 cm³/mol. The Bertz CT molecular complexity index is 930. The Morgan fingerprint density at radius 1 is 1.25 bits per heavy atom. The van der Waals surface area contributed by atoms with Crippen LogP contribution in [0.25, 0.3) is 0 Å². The summed E-state index contributed by atoms with van der Waals surface area (Å²) in [4.78, 5) is 24.6. The van der Waals surface area contributed by atoms with Gasteiger partial charge in [-0.2, -0.15) is 0 Å². The third-order valence-corrected chi connectivity index (χ3v) is 8.00. The van der Waals surface area contributed by atoms with Gasteiger partial charge in [-0.25, -0.2) is 9.97 Å². The molecule has 1 aromatic carbocycles. The second kappa shape index (κ2) is 10.7. The SMILES string of the molecule is CCOC(=O)C(C)C(C)C1CCN(CCCc2ccc3c(c2)Nc2nccnc2S3)CC1. The number of aromatic nitrogens is 2. The maximum atomic E-state index is 12.1. The van der Waals surface area contributed by atoms with Crippen molar-refractivity contribution in [3.05, 3.63) is 36.2 Å². The number of hydrogen-bond acceptors (Lipinski definition) is 7. The molecular weight excluding hydrogens is 420 g/mol. The molecule has 0 saturated carbocycles. The van der Waals surface area contributed by atoms with Crippen LogP contribution in [-0.2, 0) is 16.0 Å². The Morgan fingerprint density at radius 2 is 2.03 bits per heavy atom. The Morgan fingerprint density at radius 3 is 2.81 bits per heavy atom. The molecule has 0 amide bonds. The van der Waals surface area contributed by atoms with Gasteiger partial charge in [-0.15, -0.1) is 0 Å². The Labute approximate surface area is 195 Å². The first-order valence-electron chi connectivity index (χ1n) is 11.8. The molecule has 2 aliphatic rings. The van der Waals surface area contributed by atoms with Crippen molar-refractivity contribution in [1.29, 1.82) is 0 Å². The summed E-state index contributed by atoms with van der Waals surface area (Å²) >= 11 is 1.67. The fourth-order valence-corrected chi connectivity index (χ4v) is 5.62. The first-order valence-corrected chi connectivity index (χ1v) is 12.6. The standard InChI is InChI=1S/C25H34N4O2S/c1-4-31-25(30)18(3)17(2)20-9-14-29(15-10-20)13-5-6-19-7-8-22-21(16-19)28-23-24(32-22)27-12-11-26-23/h7-8,11-12,16-18,20H,4-6,9-10,13-15H2,1-3H3,(H,26,28). The molecule has 1 saturated heterocycles. The summed E-state index contributed by atoms with van der Waals surface area (Å²) in [5, 5.41) is 4.36. The molecule has 1 N–H and O–H groups in total. The summed E-state index contributed by atoms with van der Waals surface area (Å²) in [5.74, 6) is 1.78. The topological polar surface area (TPSA) is 67.3 Å². The maximum absolute atomic E-state index is 12.1. The number of esters is 1. The highest BCUT2D eigenvalue weighted by molar-refractivity contribution is 7.99. The summed E-state index contributed by atoms with van der Waals surface area (Å²) < 4.78 is 5.22. The highest BCUT2D eigenvalue weighted by Crippen LogP contribution is 2.42. The summed E-state index contributed by atoms with van der Waals surface area (Å²) in [7, 11) is 0. The van der Waals surface area contributed by atoms with Crippen LogP contribution in [-0.4, -0.2) is 47.1 Å². The number of piperidine rings is 1. The van der Waals surface area contributed by atoms with E-state index in [1.807, 2.05) is 13.8 Å². The van der Waals surface area contributed by atoms with E-state index in [2.05, 4.69) is 45.3 Å². The quantitative estimate of drug-likeness (QED) is 0.471. The summed E-state index contributed by atoms with van der Waals surface area (Å²) in [6, 6.07) is 6.68. The van der Waals surface area contributed by atoms with E-state index in [0.29, 0.717) is 18.4 Å². The number of fused-ring (bicyclic) bond motifs is 2. The minimum atomic E-state index is -0.0455. The maximum Gasteiger partial charge on any atom is 0.308 e. The van der Waals surface area contributed by atoms with Crippen LogP contribution < -0.4 is 5.32 Å². The monoisotopic (exact) mass is 454 g/mol. The number of aryl methyl sites for hydroxylation is 1. The molecule has 0 bridgehead atoms. The van der Waals surface area contributed by atoms with Crippen LogP contribution in [0.5, 0.6) is 0 Å². The van der Waals surface area contributed by atoms with E-state index in [0.717, 1.165) is 49.0 Å². The molecule has 1 fully saturated rings. The van der Waals surface area contributed by atoms with Crippen LogP contribution in [0.4, 0.5) is 11.5 Å². The van der Waals surface area contributed by atoms with Crippen LogP contribution >= 0.6 is 11.8 Å². The molecule has 6 nitrogen and oxygen atoms in total. The van der Waals surface area contributed by atoms with Crippen molar-refractivity contribution < 1.29 is 9.53 Å². The molecule has 0 radical (unpaired) electrons. The van der Waals surface area contributed by atoms with Crippen molar-refractivity contribution in [1.82, 2.24) is 14.9 Å². The van der Waals surface area contributed by atoms with Gasteiger partial charge < -0.3 is 15.0 Å². The normalized spacial score (nSPS) is 18.2. The van der Waals surface area contributed by atoms with Crippen molar-refractivity contribution in [3.63, 3.8) is 0 Å². The van der Waals surface area contributed by atoms with Crippen LogP contribution in [0.3, 0.4) is 0 Å². The zero-order valence-corrected chi connectivity index (χ0v) is 20.2. The molecule has 2 unspecified atom stereocenters. The highest BCUT2D eigenvalue weighted by atomic mass is 32.2. The van der Waals surface area contributed by atoms with Gasteiger partial charge in [-0.3, -0.25) is 4.79 Å².